The zero-order chi connectivity index (χ0) is 6.85. The molecule has 9 heavy (non-hydrogen) atoms. The van der Waals surface area contributed by atoms with Crippen molar-refractivity contribution in [2.24, 2.45) is 5.73 Å². The van der Waals surface area contributed by atoms with E-state index in [0.717, 1.165) is 0 Å². The van der Waals surface area contributed by atoms with E-state index in [1.807, 2.05) is 6.92 Å². The van der Waals surface area contributed by atoms with Crippen molar-refractivity contribution in [3.8, 4) is 0 Å². The summed E-state index contributed by atoms with van der Waals surface area (Å²) in [5.41, 5.74) is 5.99. The minimum atomic E-state index is -0.0581. The van der Waals surface area contributed by atoms with E-state index in [1.165, 1.54) is 0 Å². The molecule has 0 aromatic rings. The predicted molar refractivity (Wildman–Crippen MR) is 34.5 cm³/mol. The smallest absolute Gasteiger partial charge is 0.160 e. The monoisotopic (exact) mass is 126 g/mol. The Morgan fingerprint density at radius 2 is 2.56 bits per heavy atom. The van der Waals surface area contributed by atoms with Gasteiger partial charge >= 0.3 is 0 Å². The van der Waals surface area contributed by atoms with E-state index in [1.54, 1.807) is 6.20 Å². The molecule has 0 radical (unpaired) electrons. The summed E-state index contributed by atoms with van der Waals surface area (Å²) >= 11 is 0. The second kappa shape index (κ2) is 2.09. The third-order valence-corrected chi connectivity index (χ3v) is 1.38. The lowest BCUT2D eigenvalue weighted by atomic mass is 10.1. The Kier molecular flexibility index (Phi) is 1.42. The van der Waals surface area contributed by atoms with Crippen molar-refractivity contribution in [3.05, 3.63) is 11.9 Å². The lowest BCUT2D eigenvalue weighted by molar-refractivity contribution is -0.120. The number of Topliss-reactive ketones (excluding diaryl/α,β-unsaturated/α-hetero) is 1. The second-order valence-electron chi connectivity index (χ2n) is 2.25. The molecular weight excluding hydrogens is 116 g/mol. The van der Waals surface area contributed by atoms with Gasteiger partial charge < -0.3 is 11.1 Å². The van der Waals surface area contributed by atoms with E-state index in [0.29, 0.717) is 12.1 Å². The number of nitrogens with one attached hydrogen (secondary N) is 1. The van der Waals surface area contributed by atoms with Gasteiger partial charge in [-0.3, -0.25) is 4.79 Å². The Bertz CT molecular complexity index is 162. The first-order valence-electron chi connectivity index (χ1n) is 2.93. The van der Waals surface area contributed by atoms with Gasteiger partial charge in [-0.25, -0.2) is 0 Å². The van der Waals surface area contributed by atoms with Crippen LogP contribution in [-0.2, 0) is 4.79 Å². The SMILES string of the molecule is CC1NC=C(N)CC1=O. The van der Waals surface area contributed by atoms with Gasteiger partial charge in [0, 0.05) is 18.3 Å². The highest BCUT2D eigenvalue weighted by Crippen LogP contribution is 2.02. The molecular formula is C6H10N2O. The first-order chi connectivity index (χ1) is 4.20. The van der Waals surface area contributed by atoms with Crippen LogP contribution >= 0.6 is 0 Å². The first kappa shape index (κ1) is 6.13. The number of rotatable bonds is 0. The van der Waals surface area contributed by atoms with Crippen LogP contribution in [0.1, 0.15) is 13.3 Å². The van der Waals surface area contributed by atoms with Crippen LogP contribution in [0.2, 0.25) is 0 Å². The molecule has 3 heteroatoms. The average molecular weight is 126 g/mol. The topological polar surface area (TPSA) is 55.1 Å². The first-order valence-corrected chi connectivity index (χ1v) is 2.93. The number of allylic oxidation sites excluding steroid dienone is 1. The van der Waals surface area contributed by atoms with E-state index in [2.05, 4.69) is 5.32 Å². The van der Waals surface area contributed by atoms with Crippen LogP contribution in [0.5, 0.6) is 0 Å². The van der Waals surface area contributed by atoms with Crippen molar-refractivity contribution in [2.45, 2.75) is 19.4 Å². The van der Waals surface area contributed by atoms with E-state index >= 15 is 0 Å². The van der Waals surface area contributed by atoms with Crippen molar-refractivity contribution in [2.75, 3.05) is 0 Å². The third-order valence-electron chi connectivity index (χ3n) is 1.38. The van der Waals surface area contributed by atoms with Gasteiger partial charge in [-0.15, -0.1) is 0 Å². The molecule has 0 fully saturated rings. The Labute approximate surface area is 53.9 Å². The molecule has 1 aliphatic heterocycles. The number of carbonyl (C=O) groups excluding carboxylic acids is 1. The lowest BCUT2D eigenvalue weighted by Gasteiger charge is -2.16. The minimum absolute atomic E-state index is 0.0581. The fourth-order valence-electron chi connectivity index (χ4n) is 0.730. The van der Waals surface area contributed by atoms with Crippen molar-refractivity contribution in [1.82, 2.24) is 5.32 Å². The number of hydrogen-bond donors (Lipinski definition) is 2. The van der Waals surface area contributed by atoms with E-state index < -0.39 is 0 Å². The van der Waals surface area contributed by atoms with Crippen LogP contribution in [0.25, 0.3) is 0 Å². The van der Waals surface area contributed by atoms with Gasteiger partial charge in [0.25, 0.3) is 0 Å². The van der Waals surface area contributed by atoms with Crippen LogP contribution in [0.3, 0.4) is 0 Å². The number of hydrogen-bond acceptors (Lipinski definition) is 3. The molecule has 0 saturated heterocycles. The Balaban J connectivity index is 2.65. The molecule has 0 spiro atoms. The molecule has 1 unspecified atom stereocenters. The Morgan fingerprint density at radius 3 is 3.00 bits per heavy atom. The van der Waals surface area contributed by atoms with Crippen LogP contribution < -0.4 is 11.1 Å². The van der Waals surface area contributed by atoms with Crippen LogP contribution in [0.15, 0.2) is 11.9 Å². The molecule has 0 saturated carbocycles. The van der Waals surface area contributed by atoms with Crippen molar-refractivity contribution in [1.29, 1.82) is 0 Å². The van der Waals surface area contributed by atoms with Gasteiger partial charge in [-0.05, 0) is 6.92 Å². The summed E-state index contributed by atoms with van der Waals surface area (Å²) in [6, 6.07) is -0.0581. The van der Waals surface area contributed by atoms with Crippen LogP contribution in [0.4, 0.5) is 0 Å². The Hall–Kier alpha value is -0.990. The summed E-state index contributed by atoms with van der Waals surface area (Å²) < 4.78 is 0. The number of ketones is 1. The van der Waals surface area contributed by atoms with Gasteiger partial charge in [-0.2, -0.15) is 0 Å². The predicted octanol–water partition coefficient (Wildman–Crippen LogP) is -0.263. The van der Waals surface area contributed by atoms with Crippen molar-refractivity contribution >= 4 is 5.78 Å². The zero-order valence-electron chi connectivity index (χ0n) is 5.35. The third kappa shape index (κ3) is 1.22. The molecule has 3 nitrogen and oxygen atoms in total. The molecule has 1 rings (SSSR count). The summed E-state index contributed by atoms with van der Waals surface area (Å²) in [5, 5.41) is 2.84. The fourth-order valence-corrected chi connectivity index (χ4v) is 0.730. The molecule has 0 aliphatic carbocycles. The van der Waals surface area contributed by atoms with Gasteiger partial charge in [-0.1, -0.05) is 0 Å². The van der Waals surface area contributed by atoms with E-state index in [-0.39, 0.29) is 11.8 Å². The molecule has 1 aliphatic rings. The van der Waals surface area contributed by atoms with Crippen molar-refractivity contribution in [3.63, 3.8) is 0 Å². The minimum Gasteiger partial charge on any atom is -0.401 e. The second-order valence-corrected chi connectivity index (χ2v) is 2.25. The van der Waals surface area contributed by atoms with Crippen LogP contribution in [-0.4, -0.2) is 11.8 Å². The molecule has 0 aromatic carbocycles. The number of nitrogens with two attached hydrogens (primary N) is 1. The standard InChI is InChI=1S/C6H10N2O/c1-4-6(9)2-5(7)3-8-4/h3-4,8H,2,7H2,1H3. The molecule has 1 atom stereocenters. The van der Waals surface area contributed by atoms with Gasteiger partial charge in [0.2, 0.25) is 0 Å². The maximum Gasteiger partial charge on any atom is 0.160 e. The lowest BCUT2D eigenvalue weighted by Crippen LogP contribution is -2.35. The molecule has 1 heterocycles. The summed E-state index contributed by atoms with van der Waals surface area (Å²) in [7, 11) is 0. The fraction of sp³-hybridized carbons (Fsp3) is 0.500. The number of carbonyl (C=O) groups is 1. The summed E-state index contributed by atoms with van der Waals surface area (Å²) in [4.78, 5) is 10.8. The average Bonchev–Trinajstić information content (AvgIpc) is 1.80. The summed E-state index contributed by atoms with van der Waals surface area (Å²) in [6.45, 7) is 1.82. The maximum absolute atomic E-state index is 10.8. The molecule has 0 bridgehead atoms. The van der Waals surface area contributed by atoms with Crippen molar-refractivity contribution < 1.29 is 4.79 Å². The highest BCUT2D eigenvalue weighted by Gasteiger charge is 2.15. The van der Waals surface area contributed by atoms with Gasteiger partial charge in [0.05, 0.1) is 6.04 Å². The van der Waals surface area contributed by atoms with Crippen LogP contribution in [0, 0.1) is 0 Å². The highest BCUT2D eigenvalue weighted by molar-refractivity contribution is 5.86. The van der Waals surface area contributed by atoms with Gasteiger partial charge in [0.15, 0.2) is 5.78 Å². The van der Waals surface area contributed by atoms with E-state index in [4.69, 9.17) is 5.73 Å². The summed E-state index contributed by atoms with van der Waals surface area (Å²) in [6.07, 6.45) is 2.08. The Morgan fingerprint density at radius 1 is 1.89 bits per heavy atom. The molecule has 0 amide bonds. The van der Waals surface area contributed by atoms with Gasteiger partial charge in [0.1, 0.15) is 0 Å². The summed E-state index contributed by atoms with van der Waals surface area (Å²) in [5.74, 6) is 0.162. The zero-order valence-corrected chi connectivity index (χ0v) is 5.35. The highest BCUT2D eigenvalue weighted by atomic mass is 16.1. The largest absolute Gasteiger partial charge is 0.401 e. The molecule has 3 N–H and O–H groups in total. The molecule has 50 valence electrons. The quantitative estimate of drug-likeness (QED) is 0.470. The maximum atomic E-state index is 10.8. The normalized spacial score (nSPS) is 27.0. The molecule has 0 aromatic heterocycles. The van der Waals surface area contributed by atoms with E-state index in [9.17, 15) is 4.79 Å².